The van der Waals surface area contributed by atoms with Crippen LogP contribution in [-0.4, -0.2) is 32.8 Å². The lowest BCUT2D eigenvalue weighted by Crippen LogP contribution is -2.31. The van der Waals surface area contributed by atoms with Crippen LogP contribution >= 0.6 is 11.8 Å². The number of aliphatic hydroxyl groups excluding tert-OH is 1. The number of nitrogens with zero attached hydrogens (tertiary/aromatic N) is 2. The van der Waals surface area contributed by atoms with Gasteiger partial charge >= 0.3 is 0 Å². The Balaban J connectivity index is 1.19. The van der Waals surface area contributed by atoms with Gasteiger partial charge in [0.05, 0.1) is 18.8 Å². The van der Waals surface area contributed by atoms with E-state index in [0.29, 0.717) is 29.4 Å². The molecule has 8 heteroatoms. The molecule has 0 radical (unpaired) electrons. The fourth-order valence-electron chi connectivity index (χ4n) is 5.19. The van der Waals surface area contributed by atoms with Gasteiger partial charge in [-0.1, -0.05) is 103 Å². The normalized spacial score (nSPS) is 18.1. The Morgan fingerprint density at radius 3 is 2.27 bits per heavy atom. The van der Waals surface area contributed by atoms with Crippen molar-refractivity contribution in [2.24, 2.45) is 0 Å². The van der Waals surface area contributed by atoms with Gasteiger partial charge in [0.2, 0.25) is 0 Å². The molecule has 5 aromatic rings. The van der Waals surface area contributed by atoms with Gasteiger partial charge in [-0.2, -0.15) is 0 Å². The molecule has 6 rings (SSSR count). The van der Waals surface area contributed by atoms with E-state index >= 15 is 0 Å². The van der Waals surface area contributed by atoms with Crippen molar-refractivity contribution in [3.63, 3.8) is 0 Å². The van der Waals surface area contributed by atoms with Crippen molar-refractivity contribution >= 4 is 17.7 Å². The fourth-order valence-corrected chi connectivity index (χ4v) is 6.01. The van der Waals surface area contributed by atoms with Crippen LogP contribution in [0.4, 0.5) is 0 Å². The van der Waals surface area contributed by atoms with E-state index in [4.69, 9.17) is 9.47 Å². The van der Waals surface area contributed by atoms with Crippen molar-refractivity contribution in [2.75, 3.05) is 5.75 Å². The van der Waals surface area contributed by atoms with Crippen molar-refractivity contribution in [1.82, 2.24) is 15.3 Å². The van der Waals surface area contributed by atoms with Gasteiger partial charge in [-0.3, -0.25) is 4.79 Å². The van der Waals surface area contributed by atoms with Crippen LogP contribution in [0.5, 0.6) is 0 Å². The number of hydrogen-bond acceptors (Lipinski definition) is 7. The minimum atomic E-state index is -0.553. The van der Waals surface area contributed by atoms with Crippen LogP contribution < -0.4 is 5.32 Å². The molecule has 7 nitrogen and oxygen atoms in total. The third-order valence-electron chi connectivity index (χ3n) is 7.54. The predicted octanol–water partition coefficient (Wildman–Crippen LogP) is 6.90. The molecule has 222 valence electrons. The molecule has 0 unspecified atom stereocenters. The zero-order valence-corrected chi connectivity index (χ0v) is 24.9. The molecule has 4 aromatic carbocycles. The maximum Gasteiger partial charge on any atom is 0.251 e. The average Bonchev–Trinajstić information content (AvgIpc) is 3.10. The minimum Gasteiger partial charge on any atom is -0.392 e. The number of hydrogen-bond donors (Lipinski definition) is 2. The smallest absolute Gasteiger partial charge is 0.251 e. The number of thioether (sulfide) groups is 1. The van der Waals surface area contributed by atoms with Crippen molar-refractivity contribution in [3.8, 4) is 11.1 Å². The Morgan fingerprint density at radius 2 is 1.52 bits per heavy atom. The summed E-state index contributed by atoms with van der Waals surface area (Å²) in [6.45, 7) is 0.421. The SMILES string of the molecule is O=C(NCc1ccccc1-c1ccc([C@H]2O[C@@H](CSc3ncccn3)C[C@@H](c3ccc(CO)cc3)O2)cc1)c1ccccc1. The van der Waals surface area contributed by atoms with E-state index in [-0.39, 0.29) is 24.7 Å². The number of ether oxygens (including phenoxy) is 2. The largest absolute Gasteiger partial charge is 0.392 e. The summed E-state index contributed by atoms with van der Waals surface area (Å²) in [4.78, 5) is 21.3. The number of benzene rings is 4. The number of carbonyl (C=O) groups is 1. The first-order chi connectivity index (χ1) is 21.7. The van der Waals surface area contributed by atoms with Gasteiger partial charge < -0.3 is 19.9 Å². The molecular formula is C36H33N3O4S. The lowest BCUT2D eigenvalue weighted by Gasteiger charge is -2.36. The van der Waals surface area contributed by atoms with Gasteiger partial charge in [0, 0.05) is 42.2 Å². The first-order valence-corrected chi connectivity index (χ1v) is 15.6. The topological polar surface area (TPSA) is 93.6 Å². The van der Waals surface area contributed by atoms with Crippen LogP contribution in [-0.2, 0) is 22.6 Å². The first-order valence-electron chi connectivity index (χ1n) is 14.6. The molecule has 44 heavy (non-hydrogen) atoms. The molecule has 1 aliphatic rings. The van der Waals surface area contributed by atoms with E-state index in [0.717, 1.165) is 33.4 Å². The summed E-state index contributed by atoms with van der Waals surface area (Å²) < 4.78 is 13.0. The molecule has 1 saturated heterocycles. The molecular weight excluding hydrogens is 570 g/mol. The summed E-state index contributed by atoms with van der Waals surface area (Å²) in [5.74, 6) is 0.587. The fraction of sp³-hybridized carbons (Fsp3) is 0.194. The molecule has 1 aromatic heterocycles. The highest BCUT2D eigenvalue weighted by atomic mass is 32.2. The number of aromatic nitrogens is 2. The van der Waals surface area contributed by atoms with Gasteiger partial charge in [-0.25, -0.2) is 9.97 Å². The van der Waals surface area contributed by atoms with E-state index in [9.17, 15) is 9.90 Å². The van der Waals surface area contributed by atoms with Crippen molar-refractivity contribution in [2.45, 2.75) is 43.2 Å². The van der Waals surface area contributed by atoms with Crippen LogP contribution in [0.25, 0.3) is 11.1 Å². The summed E-state index contributed by atoms with van der Waals surface area (Å²) in [5.41, 5.74) is 6.59. The lowest BCUT2D eigenvalue weighted by molar-refractivity contribution is -0.245. The Bertz CT molecular complexity index is 1650. The Morgan fingerprint density at radius 1 is 0.818 bits per heavy atom. The Kier molecular flexibility index (Phi) is 9.74. The van der Waals surface area contributed by atoms with Crippen LogP contribution in [0, 0.1) is 0 Å². The predicted molar refractivity (Wildman–Crippen MR) is 171 cm³/mol. The number of rotatable bonds is 10. The second-order valence-electron chi connectivity index (χ2n) is 10.5. The molecule has 1 amide bonds. The van der Waals surface area contributed by atoms with Gasteiger partial charge in [0.15, 0.2) is 11.4 Å². The van der Waals surface area contributed by atoms with Crippen molar-refractivity contribution < 1.29 is 19.4 Å². The van der Waals surface area contributed by atoms with Gasteiger partial charge in [0.1, 0.15) is 0 Å². The third-order valence-corrected chi connectivity index (χ3v) is 8.55. The number of amides is 1. The molecule has 0 bridgehead atoms. The highest BCUT2D eigenvalue weighted by molar-refractivity contribution is 7.99. The molecule has 0 spiro atoms. The molecule has 3 atom stereocenters. The Hall–Kier alpha value is -4.34. The molecule has 1 aliphatic heterocycles. The molecule has 2 heterocycles. The van der Waals surface area contributed by atoms with Crippen LogP contribution in [0.1, 0.15) is 51.4 Å². The van der Waals surface area contributed by atoms with Gasteiger partial charge in [0.25, 0.3) is 5.91 Å². The second-order valence-corrected chi connectivity index (χ2v) is 11.5. The van der Waals surface area contributed by atoms with Crippen molar-refractivity contribution in [1.29, 1.82) is 0 Å². The number of carbonyl (C=O) groups excluding carboxylic acids is 1. The number of aliphatic hydroxyl groups is 1. The Labute approximate surface area is 261 Å². The maximum absolute atomic E-state index is 12.6. The molecule has 0 aliphatic carbocycles. The van der Waals surface area contributed by atoms with E-state index in [1.807, 2.05) is 84.9 Å². The van der Waals surface area contributed by atoms with E-state index in [2.05, 4.69) is 33.5 Å². The zero-order valence-electron chi connectivity index (χ0n) is 24.1. The second kappa shape index (κ2) is 14.4. The molecule has 2 N–H and O–H groups in total. The van der Waals surface area contributed by atoms with E-state index in [1.165, 1.54) is 0 Å². The standard InChI is InChI=1S/C36H33N3O4S/c40-23-25-11-13-27(14-12-25)33-21-31(24-44-36-37-19-6-20-38-36)42-35(43-33)29-17-15-26(16-18-29)32-10-5-4-9-30(32)22-39-34(41)28-7-2-1-3-8-28/h1-20,31,33,35,40H,21-24H2,(H,39,41)/t31-,33+,35+/m1/s1. The summed E-state index contributed by atoms with van der Waals surface area (Å²) in [5, 5.41) is 13.2. The lowest BCUT2D eigenvalue weighted by atomic mass is 9.97. The van der Waals surface area contributed by atoms with Crippen molar-refractivity contribution in [3.05, 3.63) is 149 Å². The summed E-state index contributed by atoms with van der Waals surface area (Å²) in [6, 6.07) is 35.2. The van der Waals surface area contributed by atoms with E-state index < -0.39 is 6.29 Å². The van der Waals surface area contributed by atoms with E-state index in [1.54, 1.807) is 30.2 Å². The summed E-state index contributed by atoms with van der Waals surface area (Å²) in [6.07, 6.45) is 3.37. The third kappa shape index (κ3) is 7.41. The highest BCUT2D eigenvalue weighted by Gasteiger charge is 2.32. The molecule has 1 fully saturated rings. The average molecular weight is 604 g/mol. The van der Waals surface area contributed by atoms with Crippen LogP contribution in [0.15, 0.2) is 127 Å². The summed E-state index contributed by atoms with van der Waals surface area (Å²) in [7, 11) is 0. The zero-order chi connectivity index (χ0) is 30.1. The maximum atomic E-state index is 12.6. The highest BCUT2D eigenvalue weighted by Crippen LogP contribution is 2.39. The monoisotopic (exact) mass is 603 g/mol. The van der Waals surface area contributed by atoms with Gasteiger partial charge in [-0.05, 0) is 46.0 Å². The van der Waals surface area contributed by atoms with Gasteiger partial charge in [-0.15, -0.1) is 0 Å². The van der Waals surface area contributed by atoms with Crippen LogP contribution in [0.2, 0.25) is 0 Å². The quantitative estimate of drug-likeness (QED) is 0.132. The first kappa shape index (κ1) is 29.7. The molecule has 0 saturated carbocycles. The number of nitrogens with one attached hydrogen (secondary N) is 1. The minimum absolute atomic E-state index is 0.00273. The summed E-state index contributed by atoms with van der Waals surface area (Å²) >= 11 is 1.57. The van der Waals surface area contributed by atoms with Crippen LogP contribution in [0.3, 0.4) is 0 Å².